The topological polar surface area (TPSA) is 53.2 Å². The van der Waals surface area contributed by atoms with Crippen molar-refractivity contribution in [2.75, 3.05) is 0 Å². The quantitative estimate of drug-likeness (QED) is 0.288. The molecule has 1 fully saturated rings. The molecule has 0 N–H and O–H groups in total. The van der Waals surface area contributed by atoms with Gasteiger partial charge in [-0.2, -0.15) is 18.4 Å². The number of benzene rings is 1. The van der Waals surface area contributed by atoms with E-state index in [2.05, 4.69) is 11.9 Å². The summed E-state index contributed by atoms with van der Waals surface area (Å²) in [5.41, 5.74) is 1.08. The molecule has 1 aliphatic rings. The van der Waals surface area contributed by atoms with Gasteiger partial charge in [0.2, 0.25) is 0 Å². The third kappa shape index (κ3) is 16.1. The minimum atomic E-state index is -4.18. The standard InChI is InChI=1S/C12H13FN2.C9H15F3O.C5H10.C2H6/c1-4-8(2)15-11-6-5-10(7-14)12(13)9(11)3;1-4-7(13)5-8(2,3)6-9(10,11)12;1-5-3-2-4-5;1-2/h5-6H,4H2,1-3H3;4-6H2,1-3H3;5H,2-4H2,1H3;1-2H3. The Balaban J connectivity index is 0. The van der Waals surface area contributed by atoms with Gasteiger partial charge in [0.15, 0.2) is 0 Å². The van der Waals surface area contributed by atoms with Crippen LogP contribution in [0.15, 0.2) is 17.1 Å². The third-order valence-corrected chi connectivity index (χ3v) is 5.44. The molecule has 0 heterocycles. The van der Waals surface area contributed by atoms with Gasteiger partial charge in [-0.15, -0.1) is 0 Å². The van der Waals surface area contributed by atoms with Crippen molar-refractivity contribution in [1.82, 2.24) is 0 Å². The third-order valence-electron chi connectivity index (χ3n) is 5.44. The summed E-state index contributed by atoms with van der Waals surface area (Å²) in [4.78, 5) is 15.2. The zero-order valence-corrected chi connectivity index (χ0v) is 23.0. The van der Waals surface area contributed by atoms with E-state index in [9.17, 15) is 22.4 Å². The highest BCUT2D eigenvalue weighted by Gasteiger charge is 2.37. The van der Waals surface area contributed by atoms with E-state index in [0.29, 0.717) is 17.7 Å². The summed E-state index contributed by atoms with van der Waals surface area (Å²) in [5.74, 6) is 0.479. The first-order valence-electron chi connectivity index (χ1n) is 12.5. The molecule has 0 unspecified atom stereocenters. The minimum Gasteiger partial charge on any atom is -0.300 e. The zero-order chi connectivity index (χ0) is 27.8. The molecule has 3 nitrogen and oxygen atoms in total. The van der Waals surface area contributed by atoms with Gasteiger partial charge in [-0.05, 0) is 43.7 Å². The fourth-order valence-electron chi connectivity index (χ4n) is 3.04. The van der Waals surface area contributed by atoms with Crippen molar-refractivity contribution in [3.63, 3.8) is 0 Å². The maximum Gasteiger partial charge on any atom is 0.389 e. The molecule has 1 aromatic carbocycles. The first-order chi connectivity index (χ1) is 16.2. The lowest BCUT2D eigenvalue weighted by molar-refractivity contribution is -0.156. The molecule has 1 saturated carbocycles. The molecule has 0 aromatic heterocycles. The van der Waals surface area contributed by atoms with E-state index in [0.717, 1.165) is 18.1 Å². The Morgan fingerprint density at radius 3 is 2.00 bits per heavy atom. The normalized spacial score (nSPS) is 13.5. The molecule has 0 saturated heterocycles. The number of halogens is 4. The van der Waals surface area contributed by atoms with Crippen LogP contribution in [-0.2, 0) is 4.79 Å². The summed E-state index contributed by atoms with van der Waals surface area (Å²) in [7, 11) is 0. The maximum atomic E-state index is 13.5. The number of carbonyl (C=O) groups excluding carboxylic acids is 1. The Labute approximate surface area is 210 Å². The SMILES string of the molecule is CC.CC1CCC1.CCC(=O)CC(C)(C)CC(F)(F)F.CCC(C)=Nc1ccc(C#N)c(F)c1C. The van der Waals surface area contributed by atoms with Crippen molar-refractivity contribution in [3.8, 4) is 6.07 Å². The van der Waals surface area contributed by atoms with Crippen molar-refractivity contribution < 1.29 is 22.4 Å². The fourth-order valence-corrected chi connectivity index (χ4v) is 3.04. The largest absolute Gasteiger partial charge is 0.389 e. The molecule has 0 bridgehead atoms. The fraction of sp³-hybridized carbons (Fsp3) is 0.679. The van der Waals surface area contributed by atoms with Gasteiger partial charge in [0.1, 0.15) is 17.7 Å². The average molecular weight is 501 g/mol. The van der Waals surface area contributed by atoms with Crippen LogP contribution in [0.3, 0.4) is 0 Å². The summed E-state index contributed by atoms with van der Waals surface area (Å²) in [6.45, 7) is 16.4. The van der Waals surface area contributed by atoms with E-state index >= 15 is 0 Å². The lowest BCUT2D eigenvalue weighted by atomic mass is 9.83. The number of aliphatic imine (C=N–C) groups is 1. The molecule has 0 spiro atoms. The van der Waals surface area contributed by atoms with Gasteiger partial charge in [0.05, 0.1) is 11.3 Å². The Morgan fingerprint density at radius 1 is 1.14 bits per heavy atom. The van der Waals surface area contributed by atoms with Crippen molar-refractivity contribution in [3.05, 3.63) is 29.1 Å². The number of carbonyl (C=O) groups is 1. The number of hydrogen-bond acceptors (Lipinski definition) is 3. The van der Waals surface area contributed by atoms with Crippen molar-refractivity contribution in [1.29, 1.82) is 5.26 Å². The summed E-state index contributed by atoms with van der Waals surface area (Å²) >= 11 is 0. The van der Waals surface area contributed by atoms with Crippen LogP contribution in [0.4, 0.5) is 23.2 Å². The molecule has 0 amide bonds. The first-order valence-corrected chi connectivity index (χ1v) is 12.5. The molecule has 0 aliphatic heterocycles. The number of ketones is 1. The molecule has 0 radical (unpaired) electrons. The van der Waals surface area contributed by atoms with Crippen LogP contribution in [0, 0.1) is 35.4 Å². The van der Waals surface area contributed by atoms with Crippen LogP contribution in [0.2, 0.25) is 0 Å². The Bertz CT molecular complexity index is 833. The van der Waals surface area contributed by atoms with E-state index in [1.165, 1.54) is 39.2 Å². The second kappa shape index (κ2) is 17.2. The minimum absolute atomic E-state index is 0.00299. The molecule has 1 aromatic rings. The van der Waals surface area contributed by atoms with E-state index in [-0.39, 0.29) is 17.8 Å². The van der Waals surface area contributed by atoms with Crippen molar-refractivity contribution in [2.45, 2.75) is 113 Å². The van der Waals surface area contributed by atoms with Crippen LogP contribution in [-0.4, -0.2) is 17.7 Å². The zero-order valence-electron chi connectivity index (χ0n) is 23.0. The summed E-state index contributed by atoms with van der Waals surface area (Å²) < 4.78 is 49.5. The number of nitrogens with zero attached hydrogens (tertiary/aromatic N) is 2. The Morgan fingerprint density at radius 2 is 1.66 bits per heavy atom. The molecule has 200 valence electrons. The van der Waals surface area contributed by atoms with Gasteiger partial charge < -0.3 is 0 Å². The molecule has 2 rings (SSSR count). The summed E-state index contributed by atoms with van der Waals surface area (Å²) in [6, 6.07) is 4.95. The van der Waals surface area contributed by atoms with Crippen LogP contribution < -0.4 is 0 Å². The van der Waals surface area contributed by atoms with E-state index in [1.807, 2.05) is 33.8 Å². The van der Waals surface area contributed by atoms with Crippen molar-refractivity contribution >= 4 is 17.2 Å². The van der Waals surface area contributed by atoms with Gasteiger partial charge in [-0.25, -0.2) is 4.39 Å². The maximum absolute atomic E-state index is 13.5. The van der Waals surface area contributed by atoms with Crippen molar-refractivity contribution in [2.24, 2.45) is 16.3 Å². The number of rotatable bonds is 6. The van der Waals surface area contributed by atoms with Gasteiger partial charge in [-0.3, -0.25) is 9.79 Å². The predicted octanol–water partition coefficient (Wildman–Crippen LogP) is 9.67. The monoisotopic (exact) mass is 500 g/mol. The number of hydrogen-bond donors (Lipinski definition) is 0. The predicted molar refractivity (Wildman–Crippen MR) is 138 cm³/mol. The van der Waals surface area contributed by atoms with E-state index < -0.39 is 23.8 Å². The van der Waals surface area contributed by atoms with Crippen LogP contribution in [0.5, 0.6) is 0 Å². The van der Waals surface area contributed by atoms with Gasteiger partial charge in [0, 0.05) is 30.5 Å². The van der Waals surface area contributed by atoms with Crippen LogP contribution in [0.1, 0.15) is 111 Å². The molecule has 1 aliphatic carbocycles. The Hall–Kier alpha value is -2.23. The molecule has 7 heteroatoms. The second-order valence-corrected chi connectivity index (χ2v) is 9.44. The Kier molecular flexibility index (Phi) is 17.2. The van der Waals surface area contributed by atoms with Gasteiger partial charge in [0.25, 0.3) is 0 Å². The highest BCUT2D eigenvalue weighted by molar-refractivity contribution is 5.84. The lowest BCUT2D eigenvalue weighted by Gasteiger charge is -2.24. The lowest BCUT2D eigenvalue weighted by Crippen LogP contribution is -2.24. The first kappa shape index (κ1) is 34.9. The van der Waals surface area contributed by atoms with Gasteiger partial charge in [-0.1, -0.05) is 67.7 Å². The van der Waals surface area contributed by atoms with Gasteiger partial charge >= 0.3 is 6.18 Å². The molecular formula is C28H44F4N2O. The summed E-state index contributed by atoms with van der Waals surface area (Å²) in [6.07, 6.45) is 0.524. The second-order valence-electron chi connectivity index (χ2n) is 9.44. The molecule has 35 heavy (non-hydrogen) atoms. The summed E-state index contributed by atoms with van der Waals surface area (Å²) in [5, 5.41) is 8.64. The van der Waals surface area contributed by atoms with Crippen LogP contribution in [0.25, 0.3) is 0 Å². The highest BCUT2D eigenvalue weighted by atomic mass is 19.4. The number of alkyl halides is 3. The average Bonchev–Trinajstić information content (AvgIpc) is 2.75. The smallest absolute Gasteiger partial charge is 0.300 e. The molecule has 0 atom stereocenters. The number of Topliss-reactive ketones (excluding diaryl/α,β-unsaturated/α-hetero) is 1. The van der Waals surface area contributed by atoms with E-state index in [4.69, 9.17) is 5.26 Å². The van der Waals surface area contributed by atoms with Crippen LogP contribution >= 0.6 is 0 Å². The van der Waals surface area contributed by atoms with E-state index in [1.54, 1.807) is 19.9 Å². The molecular weight excluding hydrogens is 456 g/mol. The number of nitriles is 1. The highest BCUT2D eigenvalue weighted by Crippen LogP contribution is 2.35.